The molecule has 0 N–H and O–H groups in total. The SMILES string of the molecule is O=C(Cl)c1ccccc1Cl.[O-][S+](Cl)Cl. The molecule has 0 saturated heterocycles. The highest BCUT2D eigenvalue weighted by Gasteiger charge is 2.03. The molecule has 2 nitrogen and oxygen atoms in total. The van der Waals surface area contributed by atoms with E-state index in [4.69, 9.17) is 27.8 Å². The van der Waals surface area contributed by atoms with Crippen molar-refractivity contribution >= 4 is 59.4 Å². The zero-order chi connectivity index (χ0) is 11.1. The first kappa shape index (κ1) is 14.4. The van der Waals surface area contributed by atoms with Gasteiger partial charge in [0.05, 0.1) is 10.6 Å². The zero-order valence-corrected chi connectivity index (χ0v) is 10.4. The lowest BCUT2D eigenvalue weighted by Gasteiger charge is -1.93. The van der Waals surface area contributed by atoms with Gasteiger partial charge in [0.1, 0.15) is 0 Å². The Kier molecular flexibility index (Phi) is 7.82. The van der Waals surface area contributed by atoms with Crippen molar-refractivity contribution in [2.24, 2.45) is 0 Å². The number of hydrogen-bond acceptors (Lipinski definition) is 2. The average Bonchev–Trinajstić information content (AvgIpc) is 2.03. The molecule has 0 aliphatic carbocycles. The van der Waals surface area contributed by atoms with Crippen molar-refractivity contribution in [2.75, 3.05) is 0 Å². The lowest BCUT2D eigenvalue weighted by Crippen LogP contribution is -1.87. The van der Waals surface area contributed by atoms with Gasteiger partial charge in [-0.3, -0.25) is 4.79 Å². The second kappa shape index (κ2) is 7.63. The Labute approximate surface area is 103 Å². The molecule has 0 fully saturated rings. The summed E-state index contributed by atoms with van der Waals surface area (Å²) in [5.74, 6) is 0. The smallest absolute Gasteiger partial charge is 0.253 e. The predicted octanol–water partition coefficient (Wildman–Crippen LogP) is 3.76. The summed E-state index contributed by atoms with van der Waals surface area (Å²) in [6, 6.07) is 6.65. The van der Waals surface area contributed by atoms with Crippen LogP contribution in [0, 0.1) is 0 Å². The van der Waals surface area contributed by atoms with Crippen LogP contribution in [0.4, 0.5) is 0 Å². The summed E-state index contributed by atoms with van der Waals surface area (Å²) in [5, 5.41) is -0.131. The molecular weight excluding hydrogens is 290 g/mol. The Balaban J connectivity index is 0.000000364. The molecule has 0 atom stereocenters. The second-order valence-electron chi connectivity index (χ2n) is 1.94. The Hall–Kier alpha value is 0.360. The van der Waals surface area contributed by atoms with E-state index in [1.807, 2.05) is 0 Å². The molecule has 0 unspecified atom stereocenters. The molecule has 0 saturated carbocycles. The van der Waals surface area contributed by atoms with E-state index in [0.717, 1.165) is 0 Å². The number of hydrogen-bond donors (Lipinski definition) is 0. The lowest BCUT2D eigenvalue weighted by atomic mass is 10.2. The van der Waals surface area contributed by atoms with E-state index in [2.05, 4.69) is 21.4 Å². The van der Waals surface area contributed by atoms with Gasteiger partial charge in [-0.2, -0.15) is 0 Å². The third kappa shape index (κ3) is 6.76. The van der Waals surface area contributed by atoms with Gasteiger partial charge in [0, 0.05) is 0 Å². The van der Waals surface area contributed by atoms with Gasteiger partial charge in [0.15, 0.2) is 31.0 Å². The van der Waals surface area contributed by atoms with Crippen molar-refractivity contribution in [3.8, 4) is 0 Å². The normalized spacial score (nSPS) is 9.29. The third-order valence-electron chi connectivity index (χ3n) is 1.09. The first-order valence-electron chi connectivity index (χ1n) is 3.13. The fraction of sp³-hybridized carbons (Fsp3) is 0. The second-order valence-corrected chi connectivity index (χ2v) is 5.21. The quantitative estimate of drug-likeness (QED) is 0.584. The molecule has 1 aromatic carbocycles. The van der Waals surface area contributed by atoms with E-state index in [9.17, 15) is 4.79 Å². The summed E-state index contributed by atoms with van der Waals surface area (Å²) < 4.78 is 9.09. The van der Waals surface area contributed by atoms with Gasteiger partial charge in [-0.15, -0.1) is 0 Å². The molecule has 1 rings (SSSR count). The van der Waals surface area contributed by atoms with E-state index >= 15 is 0 Å². The number of rotatable bonds is 1. The molecule has 0 radical (unpaired) electrons. The van der Waals surface area contributed by atoms with Crippen LogP contribution in [0.15, 0.2) is 24.3 Å². The van der Waals surface area contributed by atoms with Crippen LogP contribution in [-0.4, -0.2) is 9.80 Å². The maximum Gasteiger partial charge on any atom is 0.253 e. The molecule has 0 aliphatic rings. The first-order valence-corrected chi connectivity index (χ1v) is 6.69. The highest BCUT2D eigenvalue weighted by molar-refractivity contribution is 8.31. The monoisotopic (exact) mass is 292 g/mol. The molecular formula is C7H4Cl4O2S. The van der Waals surface area contributed by atoms with Gasteiger partial charge >= 0.3 is 0 Å². The zero-order valence-electron chi connectivity index (χ0n) is 6.55. The highest BCUT2D eigenvalue weighted by atomic mass is 36.0. The Bertz CT molecular complexity index is 303. The molecule has 1 aromatic rings. The van der Waals surface area contributed by atoms with E-state index in [0.29, 0.717) is 10.6 Å². The lowest BCUT2D eigenvalue weighted by molar-refractivity contribution is 0.108. The molecule has 0 bridgehead atoms. The van der Waals surface area contributed by atoms with Crippen LogP contribution in [0.5, 0.6) is 0 Å². The van der Waals surface area contributed by atoms with Gasteiger partial charge in [-0.25, -0.2) is 0 Å². The summed E-state index contributed by atoms with van der Waals surface area (Å²) in [5.41, 5.74) is 0.353. The van der Waals surface area contributed by atoms with Crippen LogP contribution in [-0.2, 0) is 9.60 Å². The molecule has 0 amide bonds. The van der Waals surface area contributed by atoms with Crippen LogP contribution < -0.4 is 0 Å². The van der Waals surface area contributed by atoms with Gasteiger partial charge in [0.25, 0.3) is 5.24 Å². The summed E-state index contributed by atoms with van der Waals surface area (Å²) in [4.78, 5) is 10.5. The van der Waals surface area contributed by atoms with Crippen molar-refractivity contribution in [2.45, 2.75) is 0 Å². The van der Waals surface area contributed by atoms with E-state index in [1.165, 1.54) is 0 Å². The number of benzene rings is 1. The van der Waals surface area contributed by atoms with Crippen molar-refractivity contribution in [3.63, 3.8) is 0 Å². The summed E-state index contributed by atoms with van der Waals surface area (Å²) in [6.07, 6.45) is 0. The summed E-state index contributed by atoms with van der Waals surface area (Å²) >= 11 is 10.8. The molecule has 0 heterocycles. The number of carbonyl (C=O) groups is 1. The third-order valence-corrected chi connectivity index (χ3v) is 1.62. The fourth-order valence-electron chi connectivity index (χ4n) is 0.621. The van der Waals surface area contributed by atoms with Crippen molar-refractivity contribution in [3.05, 3.63) is 34.9 Å². The first-order chi connectivity index (χ1) is 6.45. The fourth-order valence-corrected chi connectivity index (χ4v) is 1.06. The maximum absolute atomic E-state index is 10.5. The Morgan fingerprint density at radius 2 is 1.71 bits per heavy atom. The number of carbonyl (C=O) groups excluding carboxylic acids is 1. The standard InChI is InChI=1S/C7H4Cl2O.Cl2OS/c8-6-4-2-1-3-5(6)7(9)10;1-4(2)3/h1-4H;. The van der Waals surface area contributed by atoms with E-state index in [1.54, 1.807) is 24.3 Å². The van der Waals surface area contributed by atoms with Crippen molar-refractivity contribution in [1.82, 2.24) is 0 Å². The molecule has 7 heteroatoms. The summed E-state index contributed by atoms with van der Waals surface area (Å²) in [7, 11) is 7.36. The van der Waals surface area contributed by atoms with E-state index in [-0.39, 0.29) is 0 Å². The van der Waals surface area contributed by atoms with E-state index < -0.39 is 14.8 Å². The average molecular weight is 294 g/mol. The minimum atomic E-state index is -1.67. The van der Waals surface area contributed by atoms with Crippen LogP contribution in [0.3, 0.4) is 0 Å². The maximum atomic E-state index is 10.5. The predicted molar refractivity (Wildman–Crippen MR) is 61.5 cm³/mol. The van der Waals surface area contributed by atoms with Crippen molar-refractivity contribution in [1.29, 1.82) is 0 Å². The van der Waals surface area contributed by atoms with Gasteiger partial charge in [-0.1, -0.05) is 23.7 Å². The minimum Gasteiger partial charge on any atom is -0.582 e. The molecule has 0 aromatic heterocycles. The Morgan fingerprint density at radius 3 is 2.00 bits per heavy atom. The van der Waals surface area contributed by atoms with Crippen molar-refractivity contribution < 1.29 is 9.35 Å². The van der Waals surface area contributed by atoms with Gasteiger partial charge < -0.3 is 4.55 Å². The van der Waals surface area contributed by atoms with Crippen LogP contribution >= 0.6 is 44.6 Å². The van der Waals surface area contributed by atoms with Gasteiger partial charge in [0.2, 0.25) is 0 Å². The largest absolute Gasteiger partial charge is 0.582 e. The molecule has 78 valence electrons. The minimum absolute atomic E-state index is 0.353. The molecule has 14 heavy (non-hydrogen) atoms. The topological polar surface area (TPSA) is 40.1 Å². The van der Waals surface area contributed by atoms with Crippen LogP contribution in [0.2, 0.25) is 5.02 Å². The summed E-state index contributed by atoms with van der Waals surface area (Å²) in [6.45, 7) is 0. The van der Waals surface area contributed by atoms with Gasteiger partial charge in [-0.05, 0) is 23.7 Å². The van der Waals surface area contributed by atoms with Crippen LogP contribution in [0.1, 0.15) is 10.4 Å². The molecule has 0 aliphatic heterocycles. The number of halogens is 4. The molecule has 0 spiro atoms. The highest BCUT2D eigenvalue weighted by Crippen LogP contribution is 2.16. The Morgan fingerprint density at radius 1 is 1.29 bits per heavy atom. The van der Waals surface area contributed by atoms with Crippen LogP contribution in [0.25, 0.3) is 0 Å².